The van der Waals surface area contributed by atoms with Crippen LogP contribution >= 0.6 is 0 Å². The highest BCUT2D eigenvalue weighted by Gasteiger charge is 2.21. The highest BCUT2D eigenvalue weighted by Crippen LogP contribution is 2.19. The minimum absolute atomic E-state index is 0.0466. The van der Waals surface area contributed by atoms with Crippen molar-refractivity contribution in [2.24, 2.45) is 0 Å². The molecule has 0 N–H and O–H groups in total. The summed E-state index contributed by atoms with van der Waals surface area (Å²) in [6, 6.07) is 15.6. The summed E-state index contributed by atoms with van der Waals surface area (Å²) in [6.45, 7) is 3.68. The molecule has 0 bridgehead atoms. The minimum atomic E-state index is -0.332. The molecule has 28 heavy (non-hydrogen) atoms. The van der Waals surface area contributed by atoms with E-state index in [0.29, 0.717) is 31.1 Å². The van der Waals surface area contributed by atoms with Gasteiger partial charge in [-0.15, -0.1) is 0 Å². The average Bonchev–Trinajstić information content (AvgIpc) is 3.07. The molecule has 4 rings (SSSR count). The molecule has 1 fully saturated rings. The van der Waals surface area contributed by atoms with Crippen LogP contribution in [0.1, 0.15) is 22.5 Å². The SMILES string of the molecule is O=C(c1ccc(F)cc1)N1CCCN(Cc2coc(-c3ccccc3)n2)CC1. The topological polar surface area (TPSA) is 49.6 Å². The number of hydrogen-bond donors (Lipinski definition) is 0. The highest BCUT2D eigenvalue weighted by atomic mass is 19.1. The Balaban J connectivity index is 1.36. The summed E-state index contributed by atoms with van der Waals surface area (Å²) < 4.78 is 18.7. The lowest BCUT2D eigenvalue weighted by Crippen LogP contribution is -2.35. The van der Waals surface area contributed by atoms with E-state index in [-0.39, 0.29) is 11.7 Å². The van der Waals surface area contributed by atoms with Crippen LogP contribution in [0.4, 0.5) is 4.39 Å². The summed E-state index contributed by atoms with van der Waals surface area (Å²) in [6.07, 6.45) is 2.59. The van der Waals surface area contributed by atoms with Crippen LogP contribution in [0, 0.1) is 5.82 Å². The lowest BCUT2D eigenvalue weighted by atomic mass is 10.2. The first-order valence-corrected chi connectivity index (χ1v) is 9.46. The second kappa shape index (κ2) is 8.35. The van der Waals surface area contributed by atoms with E-state index < -0.39 is 0 Å². The number of aromatic nitrogens is 1. The fourth-order valence-electron chi connectivity index (χ4n) is 3.43. The van der Waals surface area contributed by atoms with Gasteiger partial charge in [-0.25, -0.2) is 9.37 Å². The molecule has 0 radical (unpaired) electrons. The van der Waals surface area contributed by atoms with Crippen molar-refractivity contribution in [3.63, 3.8) is 0 Å². The summed E-state index contributed by atoms with van der Waals surface area (Å²) in [4.78, 5) is 21.4. The van der Waals surface area contributed by atoms with E-state index >= 15 is 0 Å². The van der Waals surface area contributed by atoms with Crippen LogP contribution in [-0.2, 0) is 6.54 Å². The van der Waals surface area contributed by atoms with Gasteiger partial charge in [-0.2, -0.15) is 0 Å². The Bertz CT molecular complexity index is 924. The zero-order valence-electron chi connectivity index (χ0n) is 15.6. The van der Waals surface area contributed by atoms with E-state index in [0.717, 1.165) is 30.8 Å². The van der Waals surface area contributed by atoms with Gasteiger partial charge in [-0.1, -0.05) is 18.2 Å². The second-order valence-electron chi connectivity index (χ2n) is 6.94. The number of hydrogen-bond acceptors (Lipinski definition) is 4. The van der Waals surface area contributed by atoms with Crippen LogP contribution in [0.2, 0.25) is 0 Å². The smallest absolute Gasteiger partial charge is 0.253 e. The van der Waals surface area contributed by atoms with Gasteiger partial charge in [0, 0.05) is 43.9 Å². The van der Waals surface area contributed by atoms with Crippen molar-refractivity contribution in [1.29, 1.82) is 0 Å². The molecule has 1 aliphatic heterocycles. The highest BCUT2D eigenvalue weighted by molar-refractivity contribution is 5.94. The van der Waals surface area contributed by atoms with Gasteiger partial charge in [-0.05, 0) is 42.8 Å². The largest absolute Gasteiger partial charge is 0.444 e. The van der Waals surface area contributed by atoms with E-state index in [9.17, 15) is 9.18 Å². The molecule has 3 aromatic rings. The van der Waals surface area contributed by atoms with Crippen molar-refractivity contribution in [3.05, 3.63) is 77.9 Å². The molecule has 144 valence electrons. The Morgan fingerprint density at radius 1 is 1.00 bits per heavy atom. The van der Waals surface area contributed by atoms with Crippen molar-refractivity contribution in [2.45, 2.75) is 13.0 Å². The van der Waals surface area contributed by atoms with E-state index in [1.807, 2.05) is 35.2 Å². The van der Waals surface area contributed by atoms with E-state index in [1.54, 1.807) is 18.4 Å². The van der Waals surface area contributed by atoms with Gasteiger partial charge < -0.3 is 9.32 Å². The van der Waals surface area contributed by atoms with Crippen LogP contribution in [0.25, 0.3) is 11.5 Å². The summed E-state index contributed by atoms with van der Waals surface area (Å²) in [7, 11) is 0. The van der Waals surface area contributed by atoms with E-state index in [2.05, 4.69) is 9.88 Å². The van der Waals surface area contributed by atoms with Gasteiger partial charge in [0.25, 0.3) is 5.91 Å². The van der Waals surface area contributed by atoms with Gasteiger partial charge in [0.15, 0.2) is 0 Å². The maximum atomic E-state index is 13.1. The number of carbonyl (C=O) groups excluding carboxylic acids is 1. The number of amides is 1. The Kier molecular flexibility index (Phi) is 5.48. The molecular formula is C22H22FN3O2. The maximum absolute atomic E-state index is 13.1. The number of halogens is 1. The molecule has 0 aliphatic carbocycles. The van der Waals surface area contributed by atoms with Crippen molar-refractivity contribution in [2.75, 3.05) is 26.2 Å². The molecule has 1 aromatic heterocycles. The van der Waals surface area contributed by atoms with Gasteiger partial charge in [0.05, 0.1) is 5.69 Å². The first-order valence-electron chi connectivity index (χ1n) is 9.46. The average molecular weight is 379 g/mol. The first kappa shape index (κ1) is 18.4. The van der Waals surface area contributed by atoms with Crippen LogP contribution in [0.3, 0.4) is 0 Å². The predicted molar refractivity (Wildman–Crippen MR) is 104 cm³/mol. The Morgan fingerprint density at radius 2 is 1.79 bits per heavy atom. The number of rotatable bonds is 4. The third-order valence-electron chi connectivity index (χ3n) is 4.92. The van der Waals surface area contributed by atoms with Crippen LogP contribution < -0.4 is 0 Å². The molecule has 0 atom stereocenters. The third kappa shape index (κ3) is 4.28. The second-order valence-corrected chi connectivity index (χ2v) is 6.94. The molecule has 1 aliphatic rings. The summed E-state index contributed by atoms with van der Waals surface area (Å²) in [5, 5.41) is 0. The monoisotopic (exact) mass is 379 g/mol. The normalized spacial score (nSPS) is 15.4. The molecule has 0 spiro atoms. The van der Waals surface area contributed by atoms with Crippen molar-refractivity contribution in [1.82, 2.24) is 14.8 Å². The van der Waals surface area contributed by atoms with Gasteiger partial charge in [0.2, 0.25) is 5.89 Å². The number of carbonyl (C=O) groups is 1. The van der Waals surface area contributed by atoms with Gasteiger partial charge in [-0.3, -0.25) is 9.69 Å². The fourth-order valence-corrected chi connectivity index (χ4v) is 3.43. The van der Waals surface area contributed by atoms with Crippen molar-refractivity contribution in [3.8, 4) is 11.5 Å². The van der Waals surface area contributed by atoms with Crippen LogP contribution in [-0.4, -0.2) is 46.9 Å². The lowest BCUT2D eigenvalue weighted by Gasteiger charge is -2.21. The molecule has 6 heteroatoms. The quantitative estimate of drug-likeness (QED) is 0.691. The molecule has 5 nitrogen and oxygen atoms in total. The minimum Gasteiger partial charge on any atom is -0.444 e. The molecule has 0 unspecified atom stereocenters. The molecule has 1 saturated heterocycles. The van der Waals surface area contributed by atoms with Crippen molar-refractivity contribution >= 4 is 5.91 Å². The predicted octanol–water partition coefficient (Wildman–Crippen LogP) is 3.83. The van der Waals surface area contributed by atoms with Gasteiger partial charge in [0.1, 0.15) is 12.1 Å². The summed E-state index contributed by atoms with van der Waals surface area (Å²) >= 11 is 0. The zero-order valence-corrected chi connectivity index (χ0v) is 15.6. The summed E-state index contributed by atoms with van der Waals surface area (Å²) in [5.41, 5.74) is 2.37. The Labute approximate surface area is 163 Å². The molecule has 0 saturated carbocycles. The summed E-state index contributed by atoms with van der Waals surface area (Å²) in [5.74, 6) is 0.245. The number of nitrogens with zero attached hydrogens (tertiary/aromatic N) is 3. The maximum Gasteiger partial charge on any atom is 0.253 e. The van der Waals surface area contributed by atoms with Gasteiger partial charge >= 0.3 is 0 Å². The van der Waals surface area contributed by atoms with E-state index in [4.69, 9.17) is 4.42 Å². The lowest BCUT2D eigenvalue weighted by molar-refractivity contribution is 0.0761. The molecule has 2 heterocycles. The molecule has 2 aromatic carbocycles. The van der Waals surface area contributed by atoms with E-state index in [1.165, 1.54) is 12.1 Å². The van der Waals surface area contributed by atoms with Crippen molar-refractivity contribution < 1.29 is 13.6 Å². The van der Waals surface area contributed by atoms with Crippen LogP contribution in [0.15, 0.2) is 65.3 Å². The molecular weight excluding hydrogens is 357 g/mol. The Morgan fingerprint density at radius 3 is 2.57 bits per heavy atom. The Hall–Kier alpha value is -2.99. The fraction of sp³-hybridized carbons (Fsp3) is 0.273. The third-order valence-corrected chi connectivity index (χ3v) is 4.92. The molecule has 1 amide bonds. The van der Waals surface area contributed by atoms with Crippen LogP contribution in [0.5, 0.6) is 0 Å². The standard InChI is InChI=1S/C22H22FN3O2/c23-19-9-7-18(8-10-19)22(27)26-12-4-11-25(13-14-26)15-20-16-28-21(24-20)17-5-2-1-3-6-17/h1-3,5-10,16H,4,11-15H2. The zero-order chi connectivity index (χ0) is 19.3. The number of benzene rings is 2. The number of oxazole rings is 1. The first-order chi connectivity index (χ1) is 13.7.